The summed E-state index contributed by atoms with van der Waals surface area (Å²) in [6.45, 7) is 15.2. The van der Waals surface area contributed by atoms with Crippen molar-refractivity contribution in [3.8, 4) is 0 Å². The Bertz CT molecular complexity index is 6340. The lowest BCUT2D eigenvalue weighted by Gasteiger charge is -2.33. The number of hydrogen-bond donors (Lipinski definition) is 10. The molecule has 0 radical (unpaired) electrons. The third-order valence-corrected chi connectivity index (χ3v) is 25.0. The highest BCUT2D eigenvalue weighted by Gasteiger charge is 2.37. The lowest BCUT2D eigenvalue weighted by molar-refractivity contribution is -0.0387. The molecular weight excluding hydrogens is 1700 g/mol. The van der Waals surface area contributed by atoms with Gasteiger partial charge in [0.15, 0.2) is 28.4 Å². The predicted molar refractivity (Wildman–Crippen MR) is 491 cm³/mol. The van der Waals surface area contributed by atoms with Gasteiger partial charge in [0.05, 0.1) is 51.8 Å². The van der Waals surface area contributed by atoms with Gasteiger partial charge in [-0.1, -0.05) is 69.4 Å². The molecular formula is C90H109ClF7N31O. The van der Waals surface area contributed by atoms with Crippen molar-refractivity contribution in [1.29, 1.82) is 0 Å². The van der Waals surface area contributed by atoms with Crippen LogP contribution >= 0.6 is 11.6 Å². The Morgan fingerprint density at radius 1 is 0.385 bits per heavy atom. The molecule has 16 heterocycles. The number of aromatic nitrogens is 24. The SMILES string of the molecule is CN1CCN(c2cc(Nc3n[nH]c4ccc(F)cc34)nc(C3CCCCC3)n2)CC1.Cc1cc(Nc2[nH]nc3ncc(F)cc23)nc(C2CCC(F)(F)CC2)n1.Cc1nc(C2CCCCC2)nc(Nc2[nH]nc3ncc(F)cc23)c1C.Cc1nc(C2CCOCC2)nc(Nc2[nH]nc3ncc(F)cc23)c1C.Fc1cnc2n[nH]c(Nc3cc(Cl)nc(C4CCCCC4)n3)c2c1.[HH].[HH].[HH].[HH]. The third-order valence-electron chi connectivity index (χ3n) is 24.8. The zero-order chi connectivity index (χ0) is 90.1. The number of likely N-dealkylation sites (N-methyl/N-ethyl adjacent to an activating group) is 1. The number of hydrogen-bond acceptors (Lipinski definition) is 27. The third kappa shape index (κ3) is 21.6. The Hall–Kier alpha value is -12.9. The van der Waals surface area contributed by atoms with Gasteiger partial charge in [0.2, 0.25) is 5.92 Å². The Morgan fingerprint density at radius 3 is 1.24 bits per heavy atom. The van der Waals surface area contributed by atoms with Crippen LogP contribution in [0.3, 0.4) is 0 Å². The molecule has 0 bridgehead atoms. The second-order valence-corrected chi connectivity index (χ2v) is 34.5. The van der Waals surface area contributed by atoms with E-state index in [-0.39, 0.29) is 30.3 Å². The monoisotopic (exact) mass is 1810 g/mol. The summed E-state index contributed by atoms with van der Waals surface area (Å²) >= 11 is 6.16. The molecule has 130 heavy (non-hydrogen) atoms. The van der Waals surface area contributed by atoms with E-state index in [0.29, 0.717) is 144 Å². The molecule has 14 aromatic heterocycles. The molecule has 686 valence electrons. The van der Waals surface area contributed by atoms with Gasteiger partial charge in [-0.3, -0.25) is 25.5 Å². The number of aromatic amines is 5. The highest BCUT2D eigenvalue weighted by Crippen LogP contribution is 2.43. The number of nitrogens with zero attached hydrogens (tertiary/aromatic N) is 21. The van der Waals surface area contributed by atoms with Gasteiger partial charge in [-0.05, 0) is 148 Å². The quantitative estimate of drug-likeness (QED) is 0.0317. The fraction of sp³-hybridized carbons (Fsp3) is 0.433. The first-order valence-electron chi connectivity index (χ1n) is 44.3. The number of fused-ring (bicyclic) bond motifs is 5. The van der Waals surface area contributed by atoms with E-state index in [1.807, 2.05) is 40.7 Å². The van der Waals surface area contributed by atoms with E-state index in [1.165, 1.54) is 94.2 Å². The fourth-order valence-electron chi connectivity index (χ4n) is 17.2. The number of halogens is 8. The topological polar surface area (TPSA) is 400 Å². The van der Waals surface area contributed by atoms with E-state index in [9.17, 15) is 30.7 Å². The maximum Gasteiger partial charge on any atom is 0.248 e. The number of ether oxygens (including phenoxy) is 1. The Kier molecular flexibility index (Phi) is 27.4. The first-order chi connectivity index (χ1) is 63.0. The molecule has 4 saturated carbocycles. The zero-order valence-electron chi connectivity index (χ0n) is 72.9. The van der Waals surface area contributed by atoms with Crippen LogP contribution in [-0.2, 0) is 4.74 Å². The van der Waals surface area contributed by atoms with Gasteiger partial charge in [-0.25, -0.2) is 101 Å². The molecule has 2 saturated heterocycles. The van der Waals surface area contributed by atoms with Gasteiger partial charge < -0.3 is 41.1 Å². The molecule has 0 unspecified atom stereocenters. The first kappa shape index (κ1) is 89.1. The van der Waals surface area contributed by atoms with Crippen molar-refractivity contribution in [3.63, 3.8) is 0 Å². The van der Waals surface area contributed by atoms with Crippen molar-refractivity contribution in [1.82, 2.24) is 126 Å². The fourth-order valence-corrected chi connectivity index (χ4v) is 17.4. The maximum absolute atomic E-state index is 13.8. The number of pyridine rings is 4. The summed E-state index contributed by atoms with van der Waals surface area (Å²) in [5.74, 6) is 7.69. The molecule has 15 aromatic rings. The summed E-state index contributed by atoms with van der Waals surface area (Å²) in [6.07, 6.45) is 24.7. The largest absolute Gasteiger partial charge is 0.381 e. The van der Waals surface area contributed by atoms with E-state index in [1.54, 1.807) is 18.2 Å². The van der Waals surface area contributed by atoms with Gasteiger partial charge in [0, 0.05) is 139 Å². The standard InChI is InChI=1S/C22H28FN7.C18H21FN6.C17H17F3N6.C17H19FN6O.C16H16ClFN6.4H2/c1-29-9-11-30(12-10-29)20-14-19(24-21(26-20)15-5-3-2-4-6-15)25-22-17-13-16(23)7-8-18(17)27-28-22;1-10-11(2)21-16(12-6-4-3-5-7-12)22-15(10)23-18-14-8-13(19)9-20-17(14)24-25-18;1-9-6-13(23-14(22-9)10-2-4-17(19,20)5-3-10)24-16-12-7-11(18)8-21-15(12)25-26-16;1-9-10(2)20-15(11-3-5-25-6-4-11)21-14(9)22-17-13-7-12(18)8-19-16(13)23-24-17;17-12-7-13(21-14(20-12)9-4-2-1-3-5-9)22-16-11-6-10(18)8-19-15(11)23-24-16;;;;/h7-8,13-15H,2-6,9-12H2,1H3,(H2,24,25,26,27,28);8-9,12H,3-7H2,1-2H3,(H2,20,21,22,23,24,25);6-8,10H,2-5H2,1H3,(H2,21,22,23,24,25,26);7-8,11H,3-6H2,1-2H3,(H2,19,20,21,22,23,24);6-9H,1-5H2,(H2,19,20,21,22,23,24);4*1H. The zero-order valence-corrected chi connectivity index (χ0v) is 73.6. The number of piperazine rings is 1. The molecule has 0 atom stereocenters. The van der Waals surface area contributed by atoms with E-state index in [0.717, 1.165) is 190 Å². The van der Waals surface area contributed by atoms with Crippen molar-refractivity contribution < 1.29 is 41.2 Å². The summed E-state index contributed by atoms with van der Waals surface area (Å²) in [7, 11) is 2.15. The lowest BCUT2D eigenvalue weighted by Crippen LogP contribution is -2.45. The molecule has 40 heteroatoms. The van der Waals surface area contributed by atoms with Crippen LogP contribution in [0.15, 0.2) is 85.5 Å². The summed E-state index contributed by atoms with van der Waals surface area (Å²) in [5.41, 5.74) is 7.08. The second kappa shape index (κ2) is 40.0. The van der Waals surface area contributed by atoms with Crippen molar-refractivity contribution in [3.05, 3.63) is 177 Å². The minimum Gasteiger partial charge on any atom is -0.381 e. The normalized spacial score (nSPS) is 16.8. The summed E-state index contributed by atoms with van der Waals surface area (Å²) in [4.78, 5) is 67.0. The van der Waals surface area contributed by atoms with Crippen LogP contribution in [-0.4, -0.2) is 178 Å². The van der Waals surface area contributed by atoms with E-state index < -0.39 is 29.2 Å². The summed E-state index contributed by atoms with van der Waals surface area (Å²) < 4.78 is 99.9. The van der Waals surface area contributed by atoms with E-state index in [2.05, 4.69) is 139 Å². The number of nitrogens with one attached hydrogen (secondary N) is 10. The van der Waals surface area contributed by atoms with Gasteiger partial charge in [0.1, 0.15) is 122 Å². The van der Waals surface area contributed by atoms with E-state index in [4.69, 9.17) is 41.3 Å². The Labute approximate surface area is 753 Å². The number of anilines is 11. The van der Waals surface area contributed by atoms with Crippen LogP contribution in [0, 0.1) is 63.7 Å². The second-order valence-electron chi connectivity index (χ2n) is 34.1. The molecule has 2 aliphatic heterocycles. The van der Waals surface area contributed by atoms with Crippen molar-refractivity contribution in [2.24, 2.45) is 0 Å². The molecule has 32 nitrogen and oxygen atoms in total. The number of alkyl halides is 2. The van der Waals surface area contributed by atoms with Gasteiger partial charge >= 0.3 is 0 Å². The lowest BCUT2D eigenvalue weighted by atomic mass is 9.86. The minimum absolute atomic E-state index is 0. The van der Waals surface area contributed by atoms with Gasteiger partial charge in [-0.2, -0.15) is 25.5 Å². The van der Waals surface area contributed by atoms with Crippen LogP contribution < -0.4 is 31.5 Å². The average molecular weight is 1810 g/mol. The Balaban J connectivity index is 0.000000141. The smallest absolute Gasteiger partial charge is 0.248 e. The summed E-state index contributed by atoms with van der Waals surface area (Å²) in [6, 6.07) is 15.5. The maximum atomic E-state index is 13.8. The van der Waals surface area contributed by atoms with Crippen LogP contribution in [0.25, 0.3) is 55.0 Å². The van der Waals surface area contributed by atoms with Crippen LogP contribution in [0.5, 0.6) is 0 Å². The number of H-pyrrole nitrogens is 5. The van der Waals surface area contributed by atoms with Crippen LogP contribution in [0.4, 0.5) is 94.7 Å². The molecule has 6 fully saturated rings. The molecule has 0 spiro atoms. The highest BCUT2D eigenvalue weighted by atomic mass is 35.5. The molecule has 21 rings (SSSR count). The number of aryl methyl sites for hydroxylation is 3. The Morgan fingerprint density at radius 2 is 0.777 bits per heavy atom. The molecule has 10 N–H and O–H groups in total. The van der Waals surface area contributed by atoms with Crippen molar-refractivity contribution >= 4 is 131 Å². The minimum atomic E-state index is -2.59. The molecule has 0 amide bonds. The van der Waals surface area contributed by atoms with Crippen molar-refractivity contribution in [2.75, 3.05) is 77.9 Å². The van der Waals surface area contributed by atoms with E-state index >= 15 is 0 Å². The van der Waals surface area contributed by atoms with Crippen LogP contribution in [0.1, 0.15) is 227 Å². The molecule has 6 aliphatic rings. The average Bonchev–Trinajstić information content (AvgIpc) is 1.42. The predicted octanol–water partition coefficient (Wildman–Crippen LogP) is 21.0. The highest BCUT2D eigenvalue weighted by molar-refractivity contribution is 6.29. The first-order valence-corrected chi connectivity index (χ1v) is 44.7. The molecule has 1 aromatic carbocycles. The summed E-state index contributed by atoms with van der Waals surface area (Å²) in [5, 5.41) is 54.3. The molecule has 4 aliphatic carbocycles. The van der Waals surface area contributed by atoms with Crippen LogP contribution in [0.2, 0.25) is 5.15 Å². The number of rotatable bonds is 16. The number of benzene rings is 1. The van der Waals surface area contributed by atoms with Crippen molar-refractivity contribution in [2.45, 2.75) is 205 Å². The van der Waals surface area contributed by atoms with Gasteiger partial charge in [-0.15, -0.1) is 0 Å². The van der Waals surface area contributed by atoms with Gasteiger partial charge in [0.25, 0.3) is 0 Å².